The number of fused-ring (bicyclic) bond motifs is 1. The second-order valence-electron chi connectivity index (χ2n) is 8.78. The summed E-state index contributed by atoms with van der Waals surface area (Å²) in [6.45, 7) is 9.53. The van der Waals surface area contributed by atoms with Crippen molar-refractivity contribution in [2.24, 2.45) is 5.73 Å². The smallest absolute Gasteiger partial charge is 0.231 e. The molecule has 2 aliphatic heterocycles. The second-order valence-corrected chi connectivity index (χ2v) is 9.18. The molecule has 0 unspecified atom stereocenters. The van der Waals surface area contributed by atoms with Gasteiger partial charge in [-0.05, 0) is 62.3 Å². The third-order valence-corrected chi connectivity index (χ3v) is 6.73. The van der Waals surface area contributed by atoms with E-state index in [1.54, 1.807) is 12.1 Å². The summed E-state index contributed by atoms with van der Waals surface area (Å²) in [4.78, 5) is 7.28. The molecule has 0 bridgehead atoms. The van der Waals surface area contributed by atoms with Crippen LogP contribution in [-0.4, -0.2) is 73.9 Å². The third-order valence-electron chi connectivity index (χ3n) is 6.38. The van der Waals surface area contributed by atoms with E-state index in [4.69, 9.17) is 26.8 Å². The SMILES string of the molecule is NCCCN1CCN(CCCN(Cc2ccc3c(c2)OCO3)Cc2c(F)cccc2Cl)CC1. The van der Waals surface area contributed by atoms with Gasteiger partial charge in [-0.1, -0.05) is 23.7 Å². The number of nitrogens with two attached hydrogens (primary N) is 1. The van der Waals surface area contributed by atoms with Gasteiger partial charge in [0.05, 0.1) is 0 Å². The molecule has 2 aliphatic rings. The van der Waals surface area contributed by atoms with Crippen molar-refractivity contribution in [3.63, 3.8) is 0 Å². The molecule has 0 aliphatic carbocycles. The molecule has 0 atom stereocenters. The first-order valence-corrected chi connectivity index (χ1v) is 12.2. The normalized spacial score (nSPS) is 16.6. The summed E-state index contributed by atoms with van der Waals surface area (Å²) < 4.78 is 25.5. The number of rotatable bonds is 11. The standard InChI is InChI=1S/C25H34ClFN4O2/c26-22-4-1-5-23(27)21(22)18-31(17-20-6-7-24-25(16-20)33-19-32-24)11-3-10-30-14-12-29(13-15-30)9-2-8-28/h1,4-7,16H,2-3,8-15,17-19,28H2. The van der Waals surface area contributed by atoms with Gasteiger partial charge in [-0.25, -0.2) is 4.39 Å². The summed E-state index contributed by atoms with van der Waals surface area (Å²) in [7, 11) is 0. The van der Waals surface area contributed by atoms with Crippen molar-refractivity contribution in [2.75, 3.05) is 59.2 Å². The first kappa shape index (κ1) is 24.2. The van der Waals surface area contributed by atoms with E-state index in [9.17, 15) is 4.39 Å². The van der Waals surface area contributed by atoms with E-state index in [1.165, 1.54) is 6.07 Å². The molecule has 1 saturated heterocycles. The van der Waals surface area contributed by atoms with Crippen LogP contribution in [0.5, 0.6) is 11.5 Å². The van der Waals surface area contributed by atoms with Gasteiger partial charge in [-0.2, -0.15) is 0 Å². The topological polar surface area (TPSA) is 54.2 Å². The fraction of sp³-hybridized carbons (Fsp3) is 0.520. The largest absolute Gasteiger partial charge is 0.454 e. The van der Waals surface area contributed by atoms with Gasteiger partial charge in [0, 0.05) is 56.4 Å². The van der Waals surface area contributed by atoms with E-state index in [1.807, 2.05) is 18.2 Å². The molecule has 6 nitrogen and oxygen atoms in total. The first-order valence-electron chi connectivity index (χ1n) is 11.8. The van der Waals surface area contributed by atoms with Crippen LogP contribution in [0.2, 0.25) is 5.02 Å². The fourth-order valence-corrected chi connectivity index (χ4v) is 4.71. The Kier molecular flexibility index (Phi) is 8.81. The number of nitrogens with zero attached hydrogens (tertiary/aromatic N) is 3. The van der Waals surface area contributed by atoms with Crippen LogP contribution in [-0.2, 0) is 13.1 Å². The van der Waals surface area contributed by atoms with E-state index in [0.717, 1.165) is 82.3 Å². The van der Waals surface area contributed by atoms with Crippen LogP contribution in [0.1, 0.15) is 24.0 Å². The third kappa shape index (κ3) is 6.80. The maximum Gasteiger partial charge on any atom is 0.231 e. The first-order chi connectivity index (χ1) is 16.1. The molecule has 0 amide bonds. The molecule has 0 radical (unpaired) electrons. The van der Waals surface area contributed by atoms with E-state index in [2.05, 4.69) is 14.7 Å². The van der Waals surface area contributed by atoms with Crippen molar-refractivity contribution in [3.8, 4) is 11.5 Å². The summed E-state index contributed by atoms with van der Waals surface area (Å²) >= 11 is 6.33. The highest BCUT2D eigenvalue weighted by Crippen LogP contribution is 2.33. The van der Waals surface area contributed by atoms with Gasteiger partial charge in [0.2, 0.25) is 6.79 Å². The summed E-state index contributed by atoms with van der Waals surface area (Å²) in [6.07, 6.45) is 2.08. The molecular formula is C25H34ClFN4O2. The Morgan fingerprint density at radius 1 is 0.939 bits per heavy atom. The summed E-state index contributed by atoms with van der Waals surface area (Å²) in [5.74, 6) is 1.28. The molecule has 33 heavy (non-hydrogen) atoms. The number of ether oxygens (including phenoxy) is 2. The number of benzene rings is 2. The number of hydrogen-bond donors (Lipinski definition) is 1. The predicted octanol–water partition coefficient (Wildman–Crippen LogP) is 3.57. The van der Waals surface area contributed by atoms with Crippen molar-refractivity contribution >= 4 is 11.6 Å². The molecular weight excluding hydrogens is 443 g/mol. The van der Waals surface area contributed by atoms with Crippen LogP contribution < -0.4 is 15.2 Å². The minimum atomic E-state index is -0.258. The molecule has 4 rings (SSSR count). The molecule has 0 aromatic heterocycles. The Morgan fingerprint density at radius 3 is 2.39 bits per heavy atom. The molecule has 2 N–H and O–H groups in total. The van der Waals surface area contributed by atoms with Gasteiger partial charge in [0.25, 0.3) is 0 Å². The molecule has 2 heterocycles. The Hall–Kier alpha value is -1.90. The van der Waals surface area contributed by atoms with Crippen LogP contribution in [0.3, 0.4) is 0 Å². The quantitative estimate of drug-likeness (QED) is 0.535. The van der Waals surface area contributed by atoms with Crippen molar-refractivity contribution in [3.05, 3.63) is 58.4 Å². The minimum absolute atomic E-state index is 0.257. The highest BCUT2D eigenvalue weighted by atomic mass is 35.5. The Bertz CT molecular complexity index is 888. The predicted molar refractivity (Wildman–Crippen MR) is 129 cm³/mol. The number of piperazine rings is 1. The van der Waals surface area contributed by atoms with E-state index in [0.29, 0.717) is 23.7 Å². The van der Waals surface area contributed by atoms with Crippen molar-refractivity contribution in [1.82, 2.24) is 14.7 Å². The Labute approximate surface area is 201 Å². The maximum absolute atomic E-state index is 14.5. The lowest BCUT2D eigenvalue weighted by Crippen LogP contribution is -2.47. The van der Waals surface area contributed by atoms with Crippen molar-refractivity contribution in [1.29, 1.82) is 0 Å². The summed E-state index contributed by atoms with van der Waals surface area (Å²) in [5.41, 5.74) is 7.30. The second kappa shape index (κ2) is 12.0. The van der Waals surface area contributed by atoms with Crippen molar-refractivity contribution < 1.29 is 13.9 Å². The fourth-order valence-electron chi connectivity index (χ4n) is 4.49. The molecule has 0 spiro atoms. The summed E-state index contributed by atoms with van der Waals surface area (Å²) in [6, 6.07) is 10.9. The monoisotopic (exact) mass is 476 g/mol. The molecule has 2 aromatic rings. The lowest BCUT2D eigenvalue weighted by Gasteiger charge is -2.35. The molecule has 1 fully saturated rings. The Balaban J connectivity index is 1.35. The van der Waals surface area contributed by atoms with Crippen LogP contribution in [0.25, 0.3) is 0 Å². The van der Waals surface area contributed by atoms with Crippen LogP contribution in [0.15, 0.2) is 36.4 Å². The zero-order valence-electron chi connectivity index (χ0n) is 19.1. The van der Waals surface area contributed by atoms with Gasteiger partial charge < -0.3 is 25.0 Å². The van der Waals surface area contributed by atoms with Gasteiger partial charge in [0.15, 0.2) is 11.5 Å². The maximum atomic E-state index is 14.5. The van der Waals surface area contributed by atoms with Crippen LogP contribution in [0, 0.1) is 5.82 Å². The number of halogens is 2. The average Bonchev–Trinajstić information content (AvgIpc) is 3.29. The highest BCUT2D eigenvalue weighted by Gasteiger charge is 2.19. The Morgan fingerprint density at radius 2 is 1.67 bits per heavy atom. The van der Waals surface area contributed by atoms with Gasteiger partial charge >= 0.3 is 0 Å². The van der Waals surface area contributed by atoms with Gasteiger partial charge in [0.1, 0.15) is 5.82 Å². The minimum Gasteiger partial charge on any atom is -0.454 e. The average molecular weight is 477 g/mol. The lowest BCUT2D eigenvalue weighted by molar-refractivity contribution is 0.125. The van der Waals surface area contributed by atoms with Gasteiger partial charge in [-0.15, -0.1) is 0 Å². The highest BCUT2D eigenvalue weighted by molar-refractivity contribution is 6.31. The number of hydrogen-bond acceptors (Lipinski definition) is 6. The molecule has 2 aromatic carbocycles. The zero-order chi connectivity index (χ0) is 23.0. The van der Waals surface area contributed by atoms with E-state index < -0.39 is 0 Å². The molecule has 8 heteroatoms. The van der Waals surface area contributed by atoms with E-state index in [-0.39, 0.29) is 12.6 Å². The van der Waals surface area contributed by atoms with Crippen molar-refractivity contribution in [2.45, 2.75) is 25.9 Å². The molecule has 0 saturated carbocycles. The van der Waals surface area contributed by atoms with Crippen LogP contribution in [0.4, 0.5) is 4.39 Å². The molecule has 180 valence electrons. The van der Waals surface area contributed by atoms with E-state index >= 15 is 0 Å². The summed E-state index contributed by atoms with van der Waals surface area (Å²) in [5, 5.41) is 0.472. The van der Waals surface area contributed by atoms with Gasteiger partial charge in [-0.3, -0.25) is 4.90 Å². The van der Waals surface area contributed by atoms with Crippen LogP contribution >= 0.6 is 11.6 Å². The zero-order valence-corrected chi connectivity index (χ0v) is 19.9. The lowest BCUT2D eigenvalue weighted by atomic mass is 10.1.